The van der Waals surface area contributed by atoms with E-state index in [9.17, 15) is 4.79 Å². The standard InChI is InChI=1S/C25H26N4O2/c1-19(30)28-13-11-27(12-14-28)17-22-18-29(16-20-7-3-2-4-8-20)26-25(22)24-15-21-9-5-6-10-23(21)31-24/h2-10,15,18H,11-14,16-17H2,1H3. The van der Waals surface area contributed by atoms with E-state index in [0.717, 1.165) is 60.7 Å². The van der Waals surface area contributed by atoms with E-state index < -0.39 is 0 Å². The molecule has 6 nitrogen and oxygen atoms in total. The van der Waals surface area contributed by atoms with Crippen LogP contribution in [0.5, 0.6) is 0 Å². The lowest BCUT2D eigenvalue weighted by Crippen LogP contribution is -2.47. The molecule has 0 N–H and O–H groups in total. The molecule has 2 aromatic heterocycles. The summed E-state index contributed by atoms with van der Waals surface area (Å²) in [6, 6.07) is 20.5. The molecule has 5 rings (SSSR count). The number of benzene rings is 2. The first-order valence-corrected chi connectivity index (χ1v) is 10.7. The van der Waals surface area contributed by atoms with Crippen molar-refractivity contribution in [1.29, 1.82) is 0 Å². The third-order valence-corrected chi connectivity index (χ3v) is 5.90. The maximum absolute atomic E-state index is 11.6. The predicted octanol–water partition coefficient (Wildman–Crippen LogP) is 4.01. The highest BCUT2D eigenvalue weighted by atomic mass is 16.3. The molecule has 0 atom stereocenters. The van der Waals surface area contributed by atoms with Gasteiger partial charge in [0.2, 0.25) is 5.91 Å². The molecule has 0 radical (unpaired) electrons. The lowest BCUT2D eigenvalue weighted by molar-refractivity contribution is -0.130. The molecule has 4 aromatic rings. The molecular formula is C25H26N4O2. The van der Waals surface area contributed by atoms with Crippen molar-refractivity contribution < 1.29 is 9.21 Å². The quantitative estimate of drug-likeness (QED) is 0.495. The number of carbonyl (C=O) groups is 1. The third kappa shape index (κ3) is 4.25. The SMILES string of the molecule is CC(=O)N1CCN(Cc2cn(Cc3ccccc3)nc2-c2cc3ccccc3o2)CC1. The topological polar surface area (TPSA) is 54.5 Å². The zero-order chi connectivity index (χ0) is 21.2. The number of para-hydroxylation sites is 1. The van der Waals surface area contributed by atoms with Crippen LogP contribution in [0.3, 0.4) is 0 Å². The first-order chi connectivity index (χ1) is 15.2. The number of carbonyl (C=O) groups excluding carboxylic acids is 1. The number of furan rings is 1. The van der Waals surface area contributed by atoms with Crippen molar-refractivity contribution in [2.24, 2.45) is 0 Å². The van der Waals surface area contributed by atoms with Crippen LogP contribution in [0.15, 0.2) is 71.3 Å². The summed E-state index contributed by atoms with van der Waals surface area (Å²) in [6.45, 7) is 6.41. The van der Waals surface area contributed by atoms with Crippen LogP contribution < -0.4 is 0 Å². The van der Waals surface area contributed by atoms with Crippen LogP contribution in [0, 0.1) is 0 Å². The average Bonchev–Trinajstić information content (AvgIpc) is 3.38. The minimum absolute atomic E-state index is 0.151. The molecule has 0 spiro atoms. The number of aromatic nitrogens is 2. The number of hydrogen-bond donors (Lipinski definition) is 0. The fourth-order valence-electron chi connectivity index (χ4n) is 4.20. The van der Waals surface area contributed by atoms with Gasteiger partial charge in [0.15, 0.2) is 5.76 Å². The van der Waals surface area contributed by atoms with E-state index >= 15 is 0 Å². The molecule has 6 heteroatoms. The van der Waals surface area contributed by atoms with Crippen molar-refractivity contribution in [3.8, 4) is 11.5 Å². The molecule has 31 heavy (non-hydrogen) atoms. The average molecular weight is 415 g/mol. The van der Waals surface area contributed by atoms with Crippen LogP contribution in [0.4, 0.5) is 0 Å². The Hall–Kier alpha value is -3.38. The van der Waals surface area contributed by atoms with Gasteiger partial charge in [0, 0.05) is 56.8 Å². The highest BCUT2D eigenvalue weighted by Gasteiger charge is 2.22. The van der Waals surface area contributed by atoms with Gasteiger partial charge in [-0.2, -0.15) is 5.10 Å². The Morgan fingerprint density at radius 1 is 0.968 bits per heavy atom. The van der Waals surface area contributed by atoms with Gasteiger partial charge in [0.25, 0.3) is 0 Å². The summed E-state index contributed by atoms with van der Waals surface area (Å²) >= 11 is 0. The fourth-order valence-corrected chi connectivity index (χ4v) is 4.20. The summed E-state index contributed by atoms with van der Waals surface area (Å²) in [7, 11) is 0. The van der Waals surface area contributed by atoms with E-state index in [4.69, 9.17) is 9.52 Å². The Morgan fingerprint density at radius 3 is 2.45 bits per heavy atom. The van der Waals surface area contributed by atoms with Gasteiger partial charge in [-0.3, -0.25) is 14.4 Å². The second-order valence-corrected chi connectivity index (χ2v) is 8.12. The van der Waals surface area contributed by atoms with Gasteiger partial charge in [0.05, 0.1) is 6.54 Å². The Bertz CT molecular complexity index is 1150. The molecular weight excluding hydrogens is 388 g/mol. The zero-order valence-electron chi connectivity index (χ0n) is 17.7. The van der Waals surface area contributed by atoms with E-state index in [1.54, 1.807) is 6.92 Å². The number of fused-ring (bicyclic) bond motifs is 1. The first-order valence-electron chi connectivity index (χ1n) is 10.7. The number of nitrogens with zero attached hydrogens (tertiary/aromatic N) is 4. The van der Waals surface area contributed by atoms with E-state index in [1.807, 2.05) is 33.8 Å². The zero-order valence-corrected chi connectivity index (χ0v) is 17.7. The van der Waals surface area contributed by atoms with Crippen LogP contribution >= 0.6 is 0 Å². The lowest BCUT2D eigenvalue weighted by atomic mass is 10.1. The van der Waals surface area contributed by atoms with Gasteiger partial charge in [-0.15, -0.1) is 0 Å². The number of rotatable bonds is 5. The number of piperazine rings is 1. The van der Waals surface area contributed by atoms with Gasteiger partial charge in [0.1, 0.15) is 11.3 Å². The van der Waals surface area contributed by atoms with Gasteiger partial charge < -0.3 is 9.32 Å². The molecule has 1 saturated heterocycles. The van der Waals surface area contributed by atoms with Crippen LogP contribution in [0.1, 0.15) is 18.1 Å². The Balaban J connectivity index is 1.44. The second kappa shape index (κ2) is 8.40. The van der Waals surface area contributed by atoms with Crippen molar-refractivity contribution >= 4 is 16.9 Å². The van der Waals surface area contributed by atoms with Gasteiger partial charge in [-0.1, -0.05) is 48.5 Å². The molecule has 158 valence electrons. The molecule has 2 aromatic carbocycles. The summed E-state index contributed by atoms with van der Waals surface area (Å²) in [5.41, 5.74) is 4.12. The van der Waals surface area contributed by atoms with Gasteiger partial charge >= 0.3 is 0 Å². The van der Waals surface area contributed by atoms with Crippen molar-refractivity contribution in [2.75, 3.05) is 26.2 Å². The normalized spacial score (nSPS) is 14.9. The molecule has 1 aliphatic heterocycles. The molecule has 1 amide bonds. The van der Waals surface area contributed by atoms with Crippen molar-refractivity contribution in [1.82, 2.24) is 19.6 Å². The summed E-state index contributed by atoms with van der Waals surface area (Å²) in [5, 5.41) is 5.99. The Labute approximate surface area is 181 Å². The largest absolute Gasteiger partial charge is 0.454 e. The van der Waals surface area contributed by atoms with E-state index in [1.165, 1.54) is 5.56 Å². The smallest absolute Gasteiger partial charge is 0.219 e. The summed E-state index contributed by atoms with van der Waals surface area (Å²) < 4.78 is 8.15. The highest BCUT2D eigenvalue weighted by Crippen LogP contribution is 2.30. The molecule has 0 saturated carbocycles. The third-order valence-electron chi connectivity index (χ3n) is 5.90. The van der Waals surface area contributed by atoms with Crippen molar-refractivity contribution in [3.63, 3.8) is 0 Å². The summed E-state index contributed by atoms with van der Waals surface area (Å²) in [4.78, 5) is 15.9. The maximum atomic E-state index is 11.6. The van der Waals surface area contributed by atoms with Crippen LogP contribution in [-0.2, 0) is 17.9 Å². The van der Waals surface area contributed by atoms with Crippen molar-refractivity contribution in [2.45, 2.75) is 20.0 Å². The number of hydrogen-bond acceptors (Lipinski definition) is 4. The molecule has 1 aliphatic rings. The molecule has 0 aliphatic carbocycles. The fraction of sp³-hybridized carbons (Fsp3) is 0.280. The van der Waals surface area contributed by atoms with Crippen LogP contribution in [0.25, 0.3) is 22.4 Å². The van der Waals surface area contributed by atoms with E-state index in [0.29, 0.717) is 6.54 Å². The molecule has 0 unspecified atom stereocenters. The lowest BCUT2D eigenvalue weighted by Gasteiger charge is -2.34. The van der Waals surface area contributed by atoms with Crippen LogP contribution in [-0.4, -0.2) is 51.7 Å². The van der Waals surface area contributed by atoms with Gasteiger partial charge in [-0.05, 0) is 17.7 Å². The summed E-state index contributed by atoms with van der Waals surface area (Å²) in [6.07, 6.45) is 2.13. The summed E-state index contributed by atoms with van der Waals surface area (Å²) in [5.74, 6) is 0.948. The predicted molar refractivity (Wildman–Crippen MR) is 121 cm³/mol. The first kappa shape index (κ1) is 19.6. The molecule has 1 fully saturated rings. The van der Waals surface area contributed by atoms with E-state index in [-0.39, 0.29) is 5.91 Å². The van der Waals surface area contributed by atoms with Gasteiger partial charge in [-0.25, -0.2) is 0 Å². The highest BCUT2D eigenvalue weighted by molar-refractivity contribution is 5.82. The van der Waals surface area contributed by atoms with Crippen LogP contribution in [0.2, 0.25) is 0 Å². The number of amides is 1. The maximum Gasteiger partial charge on any atom is 0.219 e. The molecule has 3 heterocycles. The Kier molecular flexibility index (Phi) is 5.30. The van der Waals surface area contributed by atoms with Crippen molar-refractivity contribution in [3.05, 3.63) is 78.0 Å². The Morgan fingerprint density at radius 2 is 1.71 bits per heavy atom. The molecule has 0 bridgehead atoms. The minimum atomic E-state index is 0.151. The monoisotopic (exact) mass is 414 g/mol. The minimum Gasteiger partial charge on any atom is -0.454 e. The van der Waals surface area contributed by atoms with E-state index in [2.05, 4.69) is 47.5 Å². The second-order valence-electron chi connectivity index (χ2n) is 8.12.